The van der Waals surface area contributed by atoms with Crippen LogP contribution >= 0.6 is 0 Å². The van der Waals surface area contributed by atoms with Gasteiger partial charge in [-0.3, -0.25) is 14.3 Å². The van der Waals surface area contributed by atoms with Crippen molar-refractivity contribution >= 4 is 21.7 Å². The fourth-order valence-electron chi connectivity index (χ4n) is 3.12. The molecule has 0 fully saturated rings. The Balaban J connectivity index is 1.66. The molecule has 0 bridgehead atoms. The molecule has 3 heterocycles. The molecule has 0 aliphatic carbocycles. The predicted molar refractivity (Wildman–Crippen MR) is 95.9 cm³/mol. The van der Waals surface area contributed by atoms with Gasteiger partial charge in [0.25, 0.3) is 15.9 Å². The van der Waals surface area contributed by atoms with E-state index in [4.69, 9.17) is 0 Å². The van der Waals surface area contributed by atoms with Crippen molar-refractivity contribution in [2.24, 2.45) is 7.05 Å². The quantitative estimate of drug-likeness (QED) is 0.729. The zero-order valence-corrected chi connectivity index (χ0v) is 15.2. The van der Waals surface area contributed by atoms with Gasteiger partial charge in [0.2, 0.25) is 0 Å². The summed E-state index contributed by atoms with van der Waals surface area (Å²) in [4.78, 5) is 24.9. The Morgan fingerprint density at radius 2 is 2.07 bits per heavy atom. The number of aryl methyl sites for hydroxylation is 1. The predicted octanol–water partition coefficient (Wildman–Crippen LogP) is 1.13. The van der Waals surface area contributed by atoms with Crippen LogP contribution in [0.3, 0.4) is 0 Å². The van der Waals surface area contributed by atoms with E-state index < -0.39 is 10.0 Å². The maximum atomic E-state index is 12.8. The minimum Gasteiger partial charge on any atom is -0.346 e. The Labute approximate surface area is 155 Å². The van der Waals surface area contributed by atoms with Crippen LogP contribution in [-0.2, 0) is 30.0 Å². The molecule has 8 nitrogen and oxygen atoms in total. The molecule has 1 N–H and O–H groups in total. The monoisotopic (exact) mass is 384 g/mol. The zero-order valence-electron chi connectivity index (χ0n) is 14.4. The SMILES string of the molecule is Cn1nccc1CNC(=O)c1ccc2c(c1)CC(=O)c1cccn1S2(=O)=O. The molecule has 0 radical (unpaired) electrons. The molecule has 1 amide bonds. The number of amides is 1. The summed E-state index contributed by atoms with van der Waals surface area (Å²) in [6.45, 7) is 0.287. The maximum Gasteiger partial charge on any atom is 0.268 e. The van der Waals surface area contributed by atoms with E-state index in [0.29, 0.717) is 11.1 Å². The summed E-state index contributed by atoms with van der Waals surface area (Å²) in [7, 11) is -2.10. The van der Waals surface area contributed by atoms with Crippen LogP contribution in [0.4, 0.5) is 0 Å². The molecule has 4 rings (SSSR count). The molecule has 0 spiro atoms. The van der Waals surface area contributed by atoms with Crippen LogP contribution in [0.5, 0.6) is 0 Å². The number of carbonyl (C=O) groups excluding carboxylic acids is 2. The fraction of sp³-hybridized carbons (Fsp3) is 0.167. The highest BCUT2D eigenvalue weighted by Crippen LogP contribution is 2.27. The molecule has 1 aliphatic heterocycles. The number of ketones is 1. The van der Waals surface area contributed by atoms with E-state index >= 15 is 0 Å². The summed E-state index contributed by atoms with van der Waals surface area (Å²) in [5.74, 6) is -0.664. The number of hydrogen-bond acceptors (Lipinski definition) is 5. The van der Waals surface area contributed by atoms with Gasteiger partial charge in [0.1, 0.15) is 5.69 Å². The Morgan fingerprint density at radius 1 is 1.26 bits per heavy atom. The van der Waals surface area contributed by atoms with Crippen LogP contribution in [0.15, 0.2) is 53.7 Å². The number of nitrogens with zero attached hydrogens (tertiary/aromatic N) is 3. The summed E-state index contributed by atoms with van der Waals surface area (Å²) in [5, 5.41) is 6.80. The van der Waals surface area contributed by atoms with E-state index in [0.717, 1.165) is 9.67 Å². The Bertz CT molecular complexity index is 1170. The third kappa shape index (κ3) is 2.85. The van der Waals surface area contributed by atoms with E-state index in [9.17, 15) is 18.0 Å². The van der Waals surface area contributed by atoms with Crippen LogP contribution in [0.2, 0.25) is 0 Å². The normalized spacial score (nSPS) is 14.9. The van der Waals surface area contributed by atoms with Gasteiger partial charge in [-0.1, -0.05) is 0 Å². The van der Waals surface area contributed by atoms with Gasteiger partial charge in [-0.05, 0) is 42.0 Å². The first kappa shape index (κ1) is 17.2. The van der Waals surface area contributed by atoms with Crippen LogP contribution in [-0.4, -0.2) is 33.9 Å². The van der Waals surface area contributed by atoms with Gasteiger partial charge in [-0.2, -0.15) is 5.10 Å². The number of nitrogens with one attached hydrogen (secondary N) is 1. The molecule has 3 aromatic rings. The van der Waals surface area contributed by atoms with E-state index in [-0.39, 0.29) is 35.2 Å². The van der Waals surface area contributed by atoms with Gasteiger partial charge in [0, 0.05) is 31.4 Å². The maximum absolute atomic E-state index is 12.8. The molecule has 138 valence electrons. The molecule has 9 heteroatoms. The molecular formula is C18H16N4O4S. The zero-order chi connectivity index (χ0) is 19.2. The van der Waals surface area contributed by atoms with Crippen LogP contribution in [0.25, 0.3) is 0 Å². The summed E-state index contributed by atoms with van der Waals surface area (Å²) < 4.78 is 28.3. The average Bonchev–Trinajstić information content (AvgIpc) is 3.27. The van der Waals surface area contributed by atoms with Crippen LogP contribution < -0.4 is 5.32 Å². The molecule has 0 atom stereocenters. The summed E-state index contributed by atoms with van der Waals surface area (Å²) in [5.41, 5.74) is 1.56. The van der Waals surface area contributed by atoms with E-state index in [1.54, 1.807) is 24.0 Å². The highest BCUT2D eigenvalue weighted by atomic mass is 32.2. The van der Waals surface area contributed by atoms with Crippen LogP contribution in [0.1, 0.15) is 32.1 Å². The van der Waals surface area contributed by atoms with Crippen molar-refractivity contribution in [2.45, 2.75) is 17.9 Å². The third-order valence-electron chi connectivity index (χ3n) is 4.56. The van der Waals surface area contributed by atoms with Crippen molar-refractivity contribution < 1.29 is 18.0 Å². The summed E-state index contributed by atoms with van der Waals surface area (Å²) in [6.07, 6.45) is 2.91. The summed E-state index contributed by atoms with van der Waals surface area (Å²) in [6, 6.07) is 9.09. The van der Waals surface area contributed by atoms with Gasteiger partial charge in [0.15, 0.2) is 5.78 Å². The third-order valence-corrected chi connectivity index (χ3v) is 6.35. The number of hydrogen-bond donors (Lipinski definition) is 1. The number of fused-ring (bicyclic) bond motifs is 2. The Kier molecular flexibility index (Phi) is 3.96. The average molecular weight is 384 g/mol. The second-order valence-corrected chi connectivity index (χ2v) is 8.03. The molecular weight excluding hydrogens is 368 g/mol. The van der Waals surface area contributed by atoms with E-state index in [1.165, 1.54) is 36.5 Å². The van der Waals surface area contributed by atoms with Crippen molar-refractivity contribution in [3.63, 3.8) is 0 Å². The molecule has 27 heavy (non-hydrogen) atoms. The minimum atomic E-state index is -3.87. The van der Waals surface area contributed by atoms with Crippen molar-refractivity contribution in [2.75, 3.05) is 0 Å². The van der Waals surface area contributed by atoms with Crippen LogP contribution in [0, 0.1) is 0 Å². The number of carbonyl (C=O) groups is 2. The van der Waals surface area contributed by atoms with Gasteiger partial charge in [0.05, 0.1) is 17.1 Å². The van der Waals surface area contributed by atoms with E-state index in [1.807, 2.05) is 0 Å². The molecule has 0 saturated carbocycles. The second-order valence-electron chi connectivity index (χ2n) is 6.25. The second kappa shape index (κ2) is 6.20. The van der Waals surface area contributed by atoms with Crippen molar-refractivity contribution in [3.8, 4) is 0 Å². The number of aromatic nitrogens is 3. The largest absolute Gasteiger partial charge is 0.346 e. The smallest absolute Gasteiger partial charge is 0.268 e. The topological polar surface area (TPSA) is 103 Å². The first-order chi connectivity index (χ1) is 12.9. The first-order valence-corrected chi connectivity index (χ1v) is 9.66. The summed E-state index contributed by atoms with van der Waals surface area (Å²) >= 11 is 0. The molecule has 2 aromatic heterocycles. The number of rotatable bonds is 3. The van der Waals surface area contributed by atoms with Gasteiger partial charge in [-0.25, -0.2) is 12.4 Å². The minimum absolute atomic E-state index is 0.0361. The lowest BCUT2D eigenvalue weighted by atomic mass is 10.0. The lowest BCUT2D eigenvalue weighted by Crippen LogP contribution is -2.24. The van der Waals surface area contributed by atoms with Gasteiger partial charge < -0.3 is 5.32 Å². The Morgan fingerprint density at radius 3 is 2.81 bits per heavy atom. The lowest BCUT2D eigenvalue weighted by molar-refractivity contribution is 0.0946. The fourth-order valence-corrected chi connectivity index (χ4v) is 4.69. The number of benzene rings is 1. The number of Topliss-reactive ketones (excluding diaryl/α,β-unsaturated/α-hetero) is 1. The van der Waals surface area contributed by atoms with Crippen molar-refractivity contribution in [3.05, 3.63) is 71.3 Å². The standard InChI is InChI=1S/C18H16N4O4S/c1-21-14(6-7-20-21)11-19-18(24)12-4-5-17-13(9-12)10-16(23)15-3-2-8-22(15)27(17,25)26/h2-9H,10-11H2,1H3,(H,19,24). The van der Waals surface area contributed by atoms with Gasteiger partial charge in [-0.15, -0.1) is 0 Å². The molecule has 0 unspecified atom stereocenters. The van der Waals surface area contributed by atoms with E-state index in [2.05, 4.69) is 10.4 Å². The van der Waals surface area contributed by atoms with Gasteiger partial charge >= 0.3 is 0 Å². The molecule has 1 aliphatic rings. The highest BCUT2D eigenvalue weighted by Gasteiger charge is 2.30. The molecule has 0 saturated heterocycles. The highest BCUT2D eigenvalue weighted by molar-refractivity contribution is 7.90. The molecule has 1 aromatic carbocycles. The lowest BCUT2D eigenvalue weighted by Gasteiger charge is -2.10. The van der Waals surface area contributed by atoms with Crippen molar-refractivity contribution in [1.29, 1.82) is 0 Å². The van der Waals surface area contributed by atoms with Crippen molar-refractivity contribution in [1.82, 2.24) is 19.1 Å². The Hall–Kier alpha value is -3.20. The first-order valence-electron chi connectivity index (χ1n) is 8.22.